The van der Waals surface area contributed by atoms with Crippen LogP contribution in [0.15, 0.2) is 60.9 Å². The monoisotopic (exact) mass is 487 g/mol. The van der Waals surface area contributed by atoms with Gasteiger partial charge in [-0.05, 0) is 31.5 Å². The van der Waals surface area contributed by atoms with Crippen LogP contribution in [0.1, 0.15) is 30.2 Å². The van der Waals surface area contributed by atoms with Gasteiger partial charge in [-0.3, -0.25) is 14.5 Å². The van der Waals surface area contributed by atoms with Crippen molar-refractivity contribution in [2.24, 2.45) is 0 Å². The van der Waals surface area contributed by atoms with E-state index in [1.54, 1.807) is 67.8 Å². The first-order chi connectivity index (χ1) is 15.9. The second-order valence-corrected chi connectivity index (χ2v) is 8.56. The lowest BCUT2D eigenvalue weighted by Gasteiger charge is -2.26. The fourth-order valence-electron chi connectivity index (χ4n) is 3.03. The summed E-state index contributed by atoms with van der Waals surface area (Å²) >= 11 is 7.18. The molecule has 33 heavy (non-hydrogen) atoms. The molecule has 172 valence electrons. The highest BCUT2D eigenvalue weighted by Crippen LogP contribution is 2.27. The van der Waals surface area contributed by atoms with Gasteiger partial charge in [0.2, 0.25) is 5.91 Å². The van der Waals surface area contributed by atoms with Gasteiger partial charge in [0.05, 0.1) is 13.2 Å². The van der Waals surface area contributed by atoms with Crippen molar-refractivity contribution in [3.8, 4) is 0 Å². The van der Waals surface area contributed by atoms with Crippen molar-refractivity contribution in [2.45, 2.75) is 32.4 Å². The number of thiazole rings is 1. The third-order valence-electron chi connectivity index (χ3n) is 4.56. The lowest BCUT2D eigenvalue weighted by atomic mass is 9.97. The largest absolute Gasteiger partial charge is 0.463 e. The van der Waals surface area contributed by atoms with E-state index in [0.29, 0.717) is 20.7 Å². The summed E-state index contributed by atoms with van der Waals surface area (Å²) in [6.45, 7) is 3.30. The molecule has 8 nitrogen and oxygen atoms in total. The van der Waals surface area contributed by atoms with Crippen LogP contribution in [-0.4, -0.2) is 40.5 Å². The number of ether oxygens (including phenoxy) is 2. The zero-order valence-electron chi connectivity index (χ0n) is 18.0. The summed E-state index contributed by atoms with van der Waals surface area (Å²) in [6.07, 6.45) is 1.95. The van der Waals surface area contributed by atoms with E-state index in [0.717, 1.165) is 0 Å². The van der Waals surface area contributed by atoms with Gasteiger partial charge in [0.1, 0.15) is 5.82 Å². The summed E-state index contributed by atoms with van der Waals surface area (Å²) < 4.78 is 10.6. The Bertz CT molecular complexity index is 1090. The average molecular weight is 488 g/mol. The molecule has 1 amide bonds. The van der Waals surface area contributed by atoms with Crippen molar-refractivity contribution in [1.82, 2.24) is 9.97 Å². The van der Waals surface area contributed by atoms with Crippen molar-refractivity contribution in [3.05, 3.63) is 75.8 Å². The first kappa shape index (κ1) is 24.3. The number of benzene rings is 1. The minimum atomic E-state index is -1.33. The number of carbonyl (C=O) groups excluding carboxylic acids is 3. The van der Waals surface area contributed by atoms with Crippen molar-refractivity contribution >= 4 is 46.6 Å². The number of halogens is 1. The first-order valence-electron chi connectivity index (χ1n) is 10.2. The van der Waals surface area contributed by atoms with Crippen LogP contribution in [-0.2, 0) is 30.4 Å². The summed E-state index contributed by atoms with van der Waals surface area (Å²) in [5.74, 6) is -3.10. The SMILES string of the molecule is CCOC(=O)[C@H](C)OC(=O)C(C(=O)N(Cc1cnc(Cl)s1)c1ccccn1)c1ccccc1. The molecule has 0 aliphatic carbocycles. The van der Waals surface area contributed by atoms with E-state index in [4.69, 9.17) is 21.1 Å². The molecule has 1 aromatic carbocycles. The van der Waals surface area contributed by atoms with Crippen LogP contribution in [0.5, 0.6) is 0 Å². The van der Waals surface area contributed by atoms with E-state index in [1.165, 1.54) is 23.2 Å². The van der Waals surface area contributed by atoms with Crippen LogP contribution in [0.2, 0.25) is 4.47 Å². The summed E-state index contributed by atoms with van der Waals surface area (Å²) in [5.41, 5.74) is 0.423. The van der Waals surface area contributed by atoms with Crippen molar-refractivity contribution < 1.29 is 23.9 Å². The number of nitrogens with zero attached hydrogens (tertiary/aromatic N) is 3. The second-order valence-electron chi connectivity index (χ2n) is 6.87. The smallest absolute Gasteiger partial charge is 0.347 e. The average Bonchev–Trinajstić information content (AvgIpc) is 3.23. The van der Waals surface area contributed by atoms with Gasteiger partial charge in [-0.2, -0.15) is 0 Å². The van der Waals surface area contributed by atoms with Gasteiger partial charge in [-0.25, -0.2) is 14.8 Å². The molecule has 3 rings (SSSR count). The fourth-order valence-corrected chi connectivity index (χ4v) is 4.00. The van der Waals surface area contributed by atoms with Crippen LogP contribution < -0.4 is 4.90 Å². The molecular formula is C23H22ClN3O5S. The molecular weight excluding hydrogens is 466 g/mol. The van der Waals surface area contributed by atoms with E-state index in [9.17, 15) is 14.4 Å². The quantitative estimate of drug-likeness (QED) is 0.332. The van der Waals surface area contributed by atoms with Gasteiger partial charge < -0.3 is 9.47 Å². The van der Waals surface area contributed by atoms with E-state index < -0.39 is 29.9 Å². The molecule has 0 aliphatic heterocycles. The maximum atomic E-state index is 13.8. The lowest BCUT2D eigenvalue weighted by Crippen LogP contribution is -2.40. The standard InChI is InChI=1S/C23H22ClN3O5S/c1-3-31-21(29)15(2)32-22(30)19(16-9-5-4-6-10-16)20(28)27(18-11-7-8-12-25-18)14-17-13-26-23(24)33-17/h4-13,15,19H,3,14H2,1-2H3/t15-,19?/m0/s1. The Balaban J connectivity index is 1.96. The molecule has 0 spiro atoms. The third-order valence-corrected chi connectivity index (χ3v) is 5.66. The number of rotatable bonds is 9. The van der Waals surface area contributed by atoms with Crippen molar-refractivity contribution in [1.29, 1.82) is 0 Å². The number of amides is 1. The van der Waals surface area contributed by atoms with Crippen LogP contribution in [0, 0.1) is 0 Å². The van der Waals surface area contributed by atoms with Crippen LogP contribution >= 0.6 is 22.9 Å². The number of anilines is 1. The highest BCUT2D eigenvalue weighted by atomic mass is 35.5. The lowest BCUT2D eigenvalue weighted by molar-refractivity contribution is -0.168. The molecule has 0 saturated carbocycles. The van der Waals surface area contributed by atoms with E-state index in [-0.39, 0.29) is 13.2 Å². The predicted molar refractivity (Wildman–Crippen MR) is 124 cm³/mol. The molecule has 0 radical (unpaired) electrons. The molecule has 1 unspecified atom stereocenters. The van der Waals surface area contributed by atoms with Crippen LogP contribution in [0.25, 0.3) is 0 Å². The molecule has 0 saturated heterocycles. The van der Waals surface area contributed by atoms with Crippen LogP contribution in [0.3, 0.4) is 0 Å². The Hall–Kier alpha value is -3.30. The highest BCUT2D eigenvalue weighted by Gasteiger charge is 2.37. The minimum absolute atomic E-state index is 0.101. The molecule has 2 heterocycles. The van der Waals surface area contributed by atoms with Gasteiger partial charge in [-0.15, -0.1) is 11.3 Å². The van der Waals surface area contributed by atoms with Gasteiger partial charge in [0.15, 0.2) is 16.5 Å². The Morgan fingerprint density at radius 1 is 1.06 bits per heavy atom. The maximum absolute atomic E-state index is 13.8. The van der Waals surface area contributed by atoms with Gasteiger partial charge in [-0.1, -0.05) is 48.0 Å². The Morgan fingerprint density at radius 3 is 2.39 bits per heavy atom. The number of aromatic nitrogens is 2. The summed E-state index contributed by atoms with van der Waals surface area (Å²) in [7, 11) is 0. The van der Waals surface area contributed by atoms with Gasteiger partial charge in [0.25, 0.3) is 0 Å². The predicted octanol–water partition coefficient (Wildman–Crippen LogP) is 4.00. The molecule has 3 aromatic rings. The number of hydrogen-bond donors (Lipinski definition) is 0. The molecule has 0 N–H and O–H groups in total. The zero-order valence-corrected chi connectivity index (χ0v) is 19.6. The molecule has 2 atom stereocenters. The Kier molecular flexibility index (Phi) is 8.51. The van der Waals surface area contributed by atoms with Gasteiger partial charge in [0, 0.05) is 17.3 Å². The fraction of sp³-hybridized carbons (Fsp3) is 0.261. The Labute approximate surface area is 200 Å². The topological polar surface area (TPSA) is 98.7 Å². The molecule has 0 fully saturated rings. The molecule has 0 aliphatic rings. The summed E-state index contributed by atoms with van der Waals surface area (Å²) in [6, 6.07) is 13.6. The van der Waals surface area contributed by atoms with E-state index in [2.05, 4.69) is 9.97 Å². The number of hydrogen-bond acceptors (Lipinski definition) is 8. The van der Waals surface area contributed by atoms with Crippen molar-refractivity contribution in [3.63, 3.8) is 0 Å². The normalized spacial score (nSPS) is 12.5. The second kappa shape index (κ2) is 11.5. The number of carbonyl (C=O) groups is 3. The third kappa shape index (κ3) is 6.36. The van der Waals surface area contributed by atoms with E-state index in [1.807, 2.05) is 0 Å². The van der Waals surface area contributed by atoms with E-state index >= 15 is 0 Å². The molecule has 0 bridgehead atoms. The zero-order chi connectivity index (χ0) is 23.8. The number of pyridine rings is 1. The molecule has 2 aromatic heterocycles. The van der Waals surface area contributed by atoms with Gasteiger partial charge >= 0.3 is 11.9 Å². The Morgan fingerprint density at radius 2 is 1.79 bits per heavy atom. The summed E-state index contributed by atoms with van der Waals surface area (Å²) in [4.78, 5) is 49.3. The molecule has 10 heteroatoms. The maximum Gasteiger partial charge on any atom is 0.347 e. The van der Waals surface area contributed by atoms with Crippen LogP contribution in [0.4, 0.5) is 5.82 Å². The minimum Gasteiger partial charge on any atom is -0.463 e. The van der Waals surface area contributed by atoms with Crippen molar-refractivity contribution in [2.75, 3.05) is 11.5 Å². The summed E-state index contributed by atoms with van der Waals surface area (Å²) in [5, 5.41) is 0. The highest BCUT2D eigenvalue weighted by molar-refractivity contribution is 7.15. The number of esters is 2. The first-order valence-corrected chi connectivity index (χ1v) is 11.3.